The van der Waals surface area contributed by atoms with Gasteiger partial charge >= 0.3 is 0 Å². The number of carbonyl (C=O) groups excluding carboxylic acids is 1. The molecule has 1 unspecified atom stereocenters. The van der Waals surface area contributed by atoms with E-state index in [9.17, 15) is 4.79 Å². The summed E-state index contributed by atoms with van der Waals surface area (Å²) in [6.45, 7) is 4.91. The van der Waals surface area contributed by atoms with Crippen molar-refractivity contribution in [3.63, 3.8) is 0 Å². The Balaban J connectivity index is 1.91. The van der Waals surface area contributed by atoms with Crippen molar-refractivity contribution >= 4 is 33.9 Å². The van der Waals surface area contributed by atoms with Crippen molar-refractivity contribution in [1.29, 1.82) is 0 Å². The van der Waals surface area contributed by atoms with Crippen molar-refractivity contribution in [2.45, 2.75) is 26.3 Å². The molecule has 0 amide bonds. The minimum absolute atomic E-state index is 0.0390. The van der Waals surface area contributed by atoms with Crippen molar-refractivity contribution in [3.8, 4) is 0 Å². The number of hydrogen-bond acceptors (Lipinski definition) is 2. The number of rotatable bonds is 5. The molecule has 4 rings (SSSR count). The Morgan fingerprint density at radius 2 is 1.69 bits per heavy atom. The first-order chi connectivity index (χ1) is 14.1. The summed E-state index contributed by atoms with van der Waals surface area (Å²) < 4.78 is 0. The van der Waals surface area contributed by atoms with Gasteiger partial charge in [0.15, 0.2) is 10.9 Å². The lowest BCUT2D eigenvalue weighted by molar-refractivity contribution is 0.102. The Labute approximate surface area is 177 Å². The lowest BCUT2D eigenvalue weighted by Crippen LogP contribution is -2.47. The topological polar surface area (TPSA) is 32.3 Å². The third-order valence-electron chi connectivity index (χ3n) is 5.46. The van der Waals surface area contributed by atoms with E-state index in [1.54, 1.807) is 0 Å². The molecule has 1 heterocycles. The number of nitrogens with zero attached hydrogens (tertiary/aromatic N) is 1. The molecule has 146 valence electrons. The minimum Gasteiger partial charge on any atom is -0.351 e. The van der Waals surface area contributed by atoms with Gasteiger partial charge in [-0.25, -0.2) is 0 Å². The Hall–Kier alpha value is -2.98. The smallest absolute Gasteiger partial charge is 0.193 e. The lowest BCUT2D eigenvalue weighted by atomic mass is 9.87. The molecule has 0 aromatic heterocycles. The molecule has 0 saturated heterocycles. The summed E-state index contributed by atoms with van der Waals surface area (Å²) in [7, 11) is 0. The number of nitrogens with one attached hydrogen (secondary N) is 1. The predicted octanol–water partition coefficient (Wildman–Crippen LogP) is 5.64. The van der Waals surface area contributed by atoms with E-state index in [-0.39, 0.29) is 11.8 Å². The van der Waals surface area contributed by atoms with Gasteiger partial charge < -0.3 is 10.2 Å². The van der Waals surface area contributed by atoms with Gasteiger partial charge in [-0.3, -0.25) is 4.79 Å². The van der Waals surface area contributed by atoms with E-state index in [2.05, 4.69) is 36.5 Å². The van der Waals surface area contributed by atoms with Gasteiger partial charge in [-0.2, -0.15) is 0 Å². The highest BCUT2D eigenvalue weighted by atomic mass is 32.1. The summed E-state index contributed by atoms with van der Waals surface area (Å²) in [5.41, 5.74) is 3.45. The van der Waals surface area contributed by atoms with E-state index >= 15 is 0 Å². The van der Waals surface area contributed by atoms with E-state index in [1.807, 2.05) is 60.4 Å². The van der Waals surface area contributed by atoms with E-state index < -0.39 is 0 Å². The standard InChI is InChI=1S/C25H24N2OS/c1-3-16-27-17(2)22(24(28)19-11-5-4-6-12-19)23(26-25(27)29)21-15-9-13-18-10-7-8-14-20(18)21/h4-15,23H,3,16H2,1-2H3,(H,26,29). The fraction of sp³-hybridized carbons (Fsp3) is 0.200. The van der Waals surface area contributed by atoms with Crippen LogP contribution in [0.15, 0.2) is 84.1 Å². The molecule has 3 aromatic rings. The third-order valence-corrected chi connectivity index (χ3v) is 5.80. The van der Waals surface area contributed by atoms with Crippen molar-refractivity contribution in [1.82, 2.24) is 10.2 Å². The molecule has 0 fully saturated rings. The van der Waals surface area contributed by atoms with Crippen molar-refractivity contribution in [2.75, 3.05) is 6.54 Å². The average Bonchev–Trinajstić information content (AvgIpc) is 2.76. The van der Waals surface area contributed by atoms with Crippen molar-refractivity contribution < 1.29 is 4.79 Å². The second kappa shape index (κ2) is 8.18. The van der Waals surface area contributed by atoms with Gasteiger partial charge in [-0.1, -0.05) is 79.7 Å². The molecular formula is C25H24N2OS. The van der Waals surface area contributed by atoms with Crippen LogP contribution in [0.4, 0.5) is 0 Å². The first-order valence-electron chi connectivity index (χ1n) is 9.98. The monoisotopic (exact) mass is 400 g/mol. The number of ketones is 1. The van der Waals surface area contributed by atoms with Crippen molar-refractivity contribution in [2.24, 2.45) is 0 Å². The third kappa shape index (κ3) is 3.56. The molecule has 1 atom stereocenters. The zero-order chi connectivity index (χ0) is 20.4. The Morgan fingerprint density at radius 1 is 1.00 bits per heavy atom. The van der Waals surface area contributed by atoms with Gasteiger partial charge in [-0.05, 0) is 41.9 Å². The maximum atomic E-state index is 13.6. The normalized spacial score (nSPS) is 16.8. The van der Waals surface area contributed by atoms with Crippen LogP contribution in [-0.4, -0.2) is 22.3 Å². The van der Waals surface area contributed by atoms with Gasteiger partial charge in [0.1, 0.15) is 0 Å². The second-order valence-corrected chi connectivity index (χ2v) is 7.68. The molecule has 3 nitrogen and oxygen atoms in total. The van der Waals surface area contributed by atoms with Gasteiger partial charge in [0, 0.05) is 23.4 Å². The Bertz CT molecular complexity index is 1100. The molecule has 1 aliphatic rings. The van der Waals surface area contributed by atoms with E-state index in [0.29, 0.717) is 10.7 Å². The molecule has 0 spiro atoms. The fourth-order valence-electron chi connectivity index (χ4n) is 4.05. The summed E-state index contributed by atoms with van der Waals surface area (Å²) in [6.07, 6.45) is 0.949. The minimum atomic E-state index is -0.283. The SMILES string of the molecule is CCCN1C(=S)NC(c2cccc3ccccc23)C(C(=O)c2ccccc2)=C1C. The van der Waals surface area contributed by atoms with E-state index in [4.69, 9.17) is 12.2 Å². The van der Waals surface area contributed by atoms with Crippen LogP contribution in [0.2, 0.25) is 0 Å². The molecule has 0 radical (unpaired) electrons. The van der Waals surface area contributed by atoms with Gasteiger partial charge in [0.05, 0.1) is 6.04 Å². The fourth-order valence-corrected chi connectivity index (χ4v) is 4.39. The average molecular weight is 401 g/mol. The predicted molar refractivity (Wildman–Crippen MR) is 123 cm³/mol. The largest absolute Gasteiger partial charge is 0.351 e. The quantitative estimate of drug-likeness (QED) is 0.444. The van der Waals surface area contributed by atoms with Crippen LogP contribution in [0.25, 0.3) is 10.8 Å². The molecular weight excluding hydrogens is 376 g/mol. The number of Topliss-reactive ketones (excluding diaryl/α,β-unsaturated/α-hetero) is 1. The number of hydrogen-bond donors (Lipinski definition) is 1. The number of fused-ring (bicyclic) bond motifs is 1. The lowest BCUT2D eigenvalue weighted by Gasteiger charge is -2.38. The van der Waals surface area contributed by atoms with Crippen LogP contribution >= 0.6 is 12.2 Å². The second-order valence-electron chi connectivity index (χ2n) is 7.30. The summed E-state index contributed by atoms with van der Waals surface area (Å²) in [6, 6.07) is 23.7. The Morgan fingerprint density at radius 3 is 2.45 bits per heavy atom. The highest BCUT2D eigenvalue weighted by molar-refractivity contribution is 7.80. The summed E-state index contributed by atoms with van der Waals surface area (Å²) in [5, 5.41) is 6.42. The molecule has 1 N–H and O–H groups in total. The van der Waals surface area contributed by atoms with Crippen molar-refractivity contribution in [3.05, 3.63) is 95.2 Å². The highest BCUT2D eigenvalue weighted by Crippen LogP contribution is 2.36. The zero-order valence-corrected chi connectivity index (χ0v) is 17.5. The number of carbonyl (C=O) groups is 1. The van der Waals surface area contributed by atoms with Crippen LogP contribution in [0.1, 0.15) is 42.2 Å². The van der Waals surface area contributed by atoms with Crippen LogP contribution in [0, 0.1) is 0 Å². The first kappa shape index (κ1) is 19.3. The molecule has 3 aromatic carbocycles. The maximum absolute atomic E-state index is 13.6. The maximum Gasteiger partial charge on any atom is 0.193 e. The summed E-state index contributed by atoms with van der Waals surface area (Å²) in [5.74, 6) is 0.0390. The molecule has 0 bridgehead atoms. The zero-order valence-electron chi connectivity index (χ0n) is 16.7. The summed E-state index contributed by atoms with van der Waals surface area (Å²) in [4.78, 5) is 15.7. The van der Waals surface area contributed by atoms with Gasteiger partial charge in [0.2, 0.25) is 0 Å². The van der Waals surface area contributed by atoms with Gasteiger partial charge in [-0.15, -0.1) is 0 Å². The number of benzene rings is 3. The summed E-state index contributed by atoms with van der Waals surface area (Å²) >= 11 is 5.70. The van der Waals surface area contributed by atoms with Crippen LogP contribution in [0.3, 0.4) is 0 Å². The van der Waals surface area contributed by atoms with Crippen LogP contribution in [-0.2, 0) is 0 Å². The van der Waals surface area contributed by atoms with Crippen LogP contribution in [0.5, 0.6) is 0 Å². The van der Waals surface area contributed by atoms with Crippen LogP contribution < -0.4 is 5.32 Å². The molecule has 1 aliphatic heterocycles. The Kier molecular flexibility index (Phi) is 5.45. The number of thiocarbonyl (C=S) groups is 1. The molecule has 29 heavy (non-hydrogen) atoms. The van der Waals surface area contributed by atoms with E-state index in [1.165, 1.54) is 0 Å². The number of allylic oxidation sites excluding steroid dienone is 1. The highest BCUT2D eigenvalue weighted by Gasteiger charge is 2.34. The molecule has 0 aliphatic carbocycles. The first-order valence-corrected chi connectivity index (χ1v) is 10.4. The van der Waals surface area contributed by atoms with Gasteiger partial charge in [0.25, 0.3) is 0 Å². The molecule has 0 saturated carbocycles. The molecule has 4 heteroatoms. The van der Waals surface area contributed by atoms with E-state index in [0.717, 1.165) is 40.6 Å².